The number of hydrogen-bond donors (Lipinski definition) is 1. The Morgan fingerprint density at radius 1 is 1.13 bits per heavy atom. The molecule has 1 aromatic heterocycles. The lowest BCUT2D eigenvalue weighted by Gasteiger charge is -2.05. The summed E-state index contributed by atoms with van der Waals surface area (Å²) in [7, 11) is 0. The molecule has 116 valence electrons. The summed E-state index contributed by atoms with van der Waals surface area (Å²) in [5.74, 6) is -0.776. The molecular formula is C16H11ClFN3O2. The van der Waals surface area contributed by atoms with Crippen molar-refractivity contribution in [3.8, 4) is 11.5 Å². The van der Waals surface area contributed by atoms with Gasteiger partial charge in [-0.1, -0.05) is 35.9 Å². The average molecular weight is 332 g/mol. The SMILES string of the molecule is O=C(NCc1nnc(-c2ccccc2)o1)c1c(F)cccc1Cl. The summed E-state index contributed by atoms with van der Waals surface area (Å²) in [5, 5.41) is 10.3. The van der Waals surface area contributed by atoms with Gasteiger partial charge in [0.05, 0.1) is 17.1 Å². The molecule has 23 heavy (non-hydrogen) atoms. The van der Waals surface area contributed by atoms with Gasteiger partial charge in [0.25, 0.3) is 5.91 Å². The number of carbonyl (C=O) groups is 1. The van der Waals surface area contributed by atoms with Crippen molar-refractivity contribution in [2.75, 3.05) is 0 Å². The summed E-state index contributed by atoms with van der Waals surface area (Å²) in [6, 6.07) is 13.3. The van der Waals surface area contributed by atoms with Crippen LogP contribution in [0.15, 0.2) is 52.9 Å². The van der Waals surface area contributed by atoms with Crippen LogP contribution in [-0.2, 0) is 6.54 Å². The zero-order valence-electron chi connectivity index (χ0n) is 11.8. The molecule has 3 aromatic rings. The molecule has 0 aliphatic rings. The molecule has 0 unspecified atom stereocenters. The van der Waals surface area contributed by atoms with E-state index < -0.39 is 11.7 Å². The van der Waals surface area contributed by atoms with Crippen LogP contribution in [0.5, 0.6) is 0 Å². The largest absolute Gasteiger partial charge is 0.419 e. The smallest absolute Gasteiger partial charge is 0.256 e. The van der Waals surface area contributed by atoms with Gasteiger partial charge in [0.1, 0.15) is 5.82 Å². The van der Waals surface area contributed by atoms with Gasteiger partial charge in [0.15, 0.2) is 0 Å². The molecule has 2 aromatic carbocycles. The van der Waals surface area contributed by atoms with E-state index >= 15 is 0 Å². The third-order valence-electron chi connectivity index (χ3n) is 3.08. The van der Waals surface area contributed by atoms with Crippen molar-refractivity contribution in [2.24, 2.45) is 0 Å². The van der Waals surface area contributed by atoms with Crippen molar-refractivity contribution in [3.63, 3.8) is 0 Å². The van der Waals surface area contributed by atoms with Crippen LogP contribution >= 0.6 is 11.6 Å². The number of aromatic nitrogens is 2. The Kier molecular flexibility index (Phi) is 4.34. The Hall–Kier alpha value is -2.73. The van der Waals surface area contributed by atoms with Gasteiger partial charge >= 0.3 is 0 Å². The van der Waals surface area contributed by atoms with Gasteiger partial charge in [-0.3, -0.25) is 4.79 Å². The van der Waals surface area contributed by atoms with E-state index in [-0.39, 0.29) is 23.0 Å². The summed E-state index contributed by atoms with van der Waals surface area (Å²) in [5.41, 5.74) is 0.562. The quantitative estimate of drug-likeness (QED) is 0.795. The number of rotatable bonds is 4. The molecule has 0 saturated heterocycles. The summed E-state index contributed by atoms with van der Waals surface area (Å²) in [6.07, 6.45) is 0. The van der Waals surface area contributed by atoms with Crippen molar-refractivity contribution in [1.82, 2.24) is 15.5 Å². The Morgan fingerprint density at radius 3 is 2.65 bits per heavy atom. The molecule has 0 fully saturated rings. The molecule has 7 heteroatoms. The van der Waals surface area contributed by atoms with E-state index in [0.717, 1.165) is 5.56 Å². The first kappa shape index (κ1) is 15.2. The highest BCUT2D eigenvalue weighted by molar-refractivity contribution is 6.33. The van der Waals surface area contributed by atoms with E-state index in [1.807, 2.05) is 30.3 Å². The molecule has 0 saturated carbocycles. The van der Waals surface area contributed by atoms with E-state index in [0.29, 0.717) is 5.89 Å². The monoisotopic (exact) mass is 331 g/mol. The zero-order valence-corrected chi connectivity index (χ0v) is 12.5. The summed E-state index contributed by atoms with van der Waals surface area (Å²) in [4.78, 5) is 12.0. The number of nitrogens with one attached hydrogen (secondary N) is 1. The molecule has 1 amide bonds. The molecule has 0 spiro atoms. The minimum atomic E-state index is -0.689. The third kappa shape index (κ3) is 3.37. The molecule has 0 radical (unpaired) electrons. The van der Waals surface area contributed by atoms with E-state index in [1.54, 1.807) is 0 Å². The first-order valence-corrected chi connectivity index (χ1v) is 7.13. The maximum atomic E-state index is 13.7. The third-order valence-corrected chi connectivity index (χ3v) is 3.39. The molecule has 1 N–H and O–H groups in total. The van der Waals surface area contributed by atoms with Gasteiger partial charge in [-0.05, 0) is 24.3 Å². The van der Waals surface area contributed by atoms with Gasteiger partial charge in [-0.2, -0.15) is 0 Å². The summed E-state index contributed by atoms with van der Waals surface area (Å²) < 4.78 is 19.1. The number of halogens is 2. The van der Waals surface area contributed by atoms with Crippen molar-refractivity contribution in [2.45, 2.75) is 6.54 Å². The van der Waals surface area contributed by atoms with Crippen molar-refractivity contribution in [3.05, 3.63) is 70.8 Å². The van der Waals surface area contributed by atoms with Crippen LogP contribution in [0.3, 0.4) is 0 Å². The Morgan fingerprint density at radius 2 is 1.91 bits per heavy atom. The van der Waals surface area contributed by atoms with Crippen LogP contribution in [0, 0.1) is 5.82 Å². The first-order valence-electron chi connectivity index (χ1n) is 6.75. The Bertz CT molecular complexity index is 816. The molecule has 5 nitrogen and oxygen atoms in total. The number of amides is 1. The molecule has 0 aliphatic carbocycles. The van der Waals surface area contributed by atoms with Gasteiger partial charge in [-0.25, -0.2) is 4.39 Å². The molecule has 0 aliphatic heterocycles. The van der Waals surface area contributed by atoms with Crippen molar-refractivity contribution >= 4 is 17.5 Å². The first-order chi connectivity index (χ1) is 11.1. The lowest BCUT2D eigenvalue weighted by molar-refractivity contribution is 0.0943. The predicted molar refractivity (Wildman–Crippen MR) is 82.3 cm³/mol. The van der Waals surface area contributed by atoms with E-state index in [4.69, 9.17) is 16.0 Å². The fraction of sp³-hybridized carbons (Fsp3) is 0.0625. The van der Waals surface area contributed by atoms with Crippen LogP contribution in [0.2, 0.25) is 5.02 Å². The molecule has 3 rings (SSSR count). The highest BCUT2D eigenvalue weighted by Gasteiger charge is 2.16. The molecule has 1 heterocycles. The van der Waals surface area contributed by atoms with Gasteiger partial charge < -0.3 is 9.73 Å². The van der Waals surface area contributed by atoms with E-state index in [2.05, 4.69) is 15.5 Å². The number of benzene rings is 2. The highest BCUT2D eigenvalue weighted by Crippen LogP contribution is 2.19. The normalized spacial score (nSPS) is 10.5. The fourth-order valence-electron chi connectivity index (χ4n) is 1.98. The van der Waals surface area contributed by atoms with Crippen LogP contribution in [0.25, 0.3) is 11.5 Å². The number of hydrogen-bond acceptors (Lipinski definition) is 4. The van der Waals surface area contributed by atoms with Gasteiger partial charge in [0, 0.05) is 5.56 Å². The van der Waals surface area contributed by atoms with Crippen LogP contribution in [0.1, 0.15) is 16.2 Å². The maximum Gasteiger partial charge on any atom is 0.256 e. The Balaban J connectivity index is 1.70. The lowest BCUT2D eigenvalue weighted by Crippen LogP contribution is -2.24. The fourth-order valence-corrected chi connectivity index (χ4v) is 2.23. The number of nitrogens with zero attached hydrogens (tertiary/aromatic N) is 2. The van der Waals surface area contributed by atoms with Crippen LogP contribution < -0.4 is 5.32 Å². The second-order valence-corrected chi connectivity index (χ2v) is 5.05. The molecule has 0 atom stereocenters. The van der Waals surface area contributed by atoms with Crippen LogP contribution in [-0.4, -0.2) is 16.1 Å². The Labute approximate surface area is 136 Å². The molecular weight excluding hydrogens is 321 g/mol. The highest BCUT2D eigenvalue weighted by atomic mass is 35.5. The zero-order chi connectivity index (χ0) is 16.2. The van der Waals surface area contributed by atoms with Gasteiger partial charge in [0.2, 0.25) is 11.8 Å². The minimum absolute atomic E-state index is 0.0245. The van der Waals surface area contributed by atoms with Crippen molar-refractivity contribution in [1.29, 1.82) is 0 Å². The average Bonchev–Trinajstić information content (AvgIpc) is 3.02. The standard InChI is InChI=1S/C16H11ClFN3O2/c17-11-7-4-8-12(18)14(11)15(22)19-9-13-20-21-16(23-13)10-5-2-1-3-6-10/h1-8H,9H2,(H,19,22). The number of carbonyl (C=O) groups excluding carboxylic acids is 1. The van der Waals surface area contributed by atoms with E-state index in [1.165, 1.54) is 18.2 Å². The van der Waals surface area contributed by atoms with E-state index in [9.17, 15) is 9.18 Å². The summed E-state index contributed by atoms with van der Waals surface area (Å²) >= 11 is 5.84. The predicted octanol–water partition coefficient (Wildman–Crippen LogP) is 3.46. The topological polar surface area (TPSA) is 68.0 Å². The van der Waals surface area contributed by atoms with Gasteiger partial charge in [-0.15, -0.1) is 10.2 Å². The second-order valence-electron chi connectivity index (χ2n) is 4.65. The minimum Gasteiger partial charge on any atom is -0.419 e. The van der Waals surface area contributed by atoms with Crippen LogP contribution in [0.4, 0.5) is 4.39 Å². The summed E-state index contributed by atoms with van der Waals surface area (Å²) in [6.45, 7) is -0.0245. The second kappa shape index (κ2) is 6.58. The lowest BCUT2D eigenvalue weighted by atomic mass is 10.2. The molecule has 0 bridgehead atoms. The van der Waals surface area contributed by atoms with Crippen molar-refractivity contribution < 1.29 is 13.6 Å². The maximum absolute atomic E-state index is 13.7.